The number of ether oxygens (including phenoxy) is 4. The van der Waals surface area contributed by atoms with Crippen molar-refractivity contribution in [3.8, 4) is 17.2 Å². The fourth-order valence-corrected chi connectivity index (χ4v) is 4.82. The highest BCUT2D eigenvalue weighted by Gasteiger charge is 2.26. The molecule has 2 aromatic carbocycles. The molecule has 2 aromatic rings. The van der Waals surface area contributed by atoms with Crippen LogP contribution in [0.4, 0.5) is 0 Å². The molecule has 0 saturated carbocycles. The SMILES string of the molecule is CCN(CC)S(=O)(=O)c1ccc(C2=N/C(=C/c3cc(OC)c(OC)c(OC)c3)C(=O)O2)cc1. The smallest absolute Gasteiger partial charge is 0.363 e. The van der Waals surface area contributed by atoms with Gasteiger partial charge in [-0.25, -0.2) is 18.2 Å². The molecule has 0 bridgehead atoms. The number of benzene rings is 2. The van der Waals surface area contributed by atoms with Crippen LogP contribution in [0, 0.1) is 0 Å². The lowest BCUT2D eigenvalue weighted by atomic mass is 10.1. The molecule has 1 aliphatic heterocycles. The first-order valence-corrected chi connectivity index (χ1v) is 11.7. The number of carbonyl (C=O) groups is 1. The number of rotatable bonds is 9. The molecular formula is C23H26N2O7S. The molecule has 0 saturated heterocycles. The Morgan fingerprint density at radius 2 is 1.55 bits per heavy atom. The Hall–Kier alpha value is -3.37. The van der Waals surface area contributed by atoms with Crippen LogP contribution in [0.3, 0.4) is 0 Å². The molecule has 0 atom stereocenters. The number of sulfonamides is 1. The number of hydrogen-bond acceptors (Lipinski definition) is 8. The Kier molecular flexibility index (Phi) is 7.39. The summed E-state index contributed by atoms with van der Waals surface area (Å²) in [5.41, 5.74) is 1.16. The lowest BCUT2D eigenvalue weighted by Gasteiger charge is -2.18. The van der Waals surface area contributed by atoms with E-state index < -0.39 is 16.0 Å². The molecule has 0 amide bonds. The highest BCUT2D eigenvalue weighted by molar-refractivity contribution is 7.89. The van der Waals surface area contributed by atoms with E-state index in [2.05, 4.69) is 4.99 Å². The van der Waals surface area contributed by atoms with Crippen molar-refractivity contribution in [2.45, 2.75) is 18.7 Å². The molecule has 3 rings (SSSR count). The number of cyclic esters (lactones) is 1. The number of nitrogens with zero attached hydrogens (tertiary/aromatic N) is 2. The minimum atomic E-state index is -3.58. The molecule has 0 aromatic heterocycles. The molecule has 10 heteroatoms. The zero-order valence-electron chi connectivity index (χ0n) is 19.1. The maximum Gasteiger partial charge on any atom is 0.363 e. The van der Waals surface area contributed by atoms with Crippen LogP contribution in [0.5, 0.6) is 17.2 Å². The van der Waals surface area contributed by atoms with Crippen LogP contribution in [-0.4, -0.2) is 59.0 Å². The molecule has 0 N–H and O–H groups in total. The van der Waals surface area contributed by atoms with Gasteiger partial charge >= 0.3 is 5.97 Å². The summed E-state index contributed by atoms with van der Waals surface area (Å²) < 4.78 is 48.0. The van der Waals surface area contributed by atoms with Crippen LogP contribution in [0.25, 0.3) is 6.08 Å². The molecule has 33 heavy (non-hydrogen) atoms. The maximum absolute atomic E-state index is 12.7. The highest BCUT2D eigenvalue weighted by Crippen LogP contribution is 2.39. The first-order chi connectivity index (χ1) is 15.8. The van der Waals surface area contributed by atoms with Crippen molar-refractivity contribution in [3.63, 3.8) is 0 Å². The van der Waals surface area contributed by atoms with Crippen molar-refractivity contribution in [1.29, 1.82) is 0 Å². The van der Waals surface area contributed by atoms with Crippen LogP contribution in [0.2, 0.25) is 0 Å². The van der Waals surface area contributed by atoms with Gasteiger partial charge in [-0.15, -0.1) is 0 Å². The van der Waals surface area contributed by atoms with E-state index in [1.165, 1.54) is 37.8 Å². The molecule has 0 spiro atoms. The van der Waals surface area contributed by atoms with Gasteiger partial charge in [0, 0.05) is 18.7 Å². The number of aliphatic imine (C=N–C) groups is 1. The fraction of sp³-hybridized carbons (Fsp3) is 0.304. The maximum atomic E-state index is 12.7. The third kappa shape index (κ3) is 4.86. The average molecular weight is 475 g/mol. The van der Waals surface area contributed by atoms with E-state index in [0.29, 0.717) is 41.5 Å². The van der Waals surface area contributed by atoms with Crippen molar-refractivity contribution in [3.05, 3.63) is 53.2 Å². The average Bonchev–Trinajstić information content (AvgIpc) is 3.19. The Balaban J connectivity index is 1.92. The number of hydrogen-bond donors (Lipinski definition) is 0. The summed E-state index contributed by atoms with van der Waals surface area (Å²) in [7, 11) is 0.916. The largest absolute Gasteiger partial charge is 0.493 e. The van der Waals surface area contributed by atoms with Crippen molar-refractivity contribution in [2.75, 3.05) is 34.4 Å². The summed E-state index contributed by atoms with van der Waals surface area (Å²) >= 11 is 0. The van der Waals surface area contributed by atoms with Gasteiger partial charge in [0.25, 0.3) is 0 Å². The van der Waals surface area contributed by atoms with Gasteiger partial charge in [0.1, 0.15) is 0 Å². The summed E-state index contributed by atoms with van der Waals surface area (Å²) in [6.07, 6.45) is 1.54. The van der Waals surface area contributed by atoms with Gasteiger partial charge in [-0.2, -0.15) is 4.31 Å². The second kappa shape index (κ2) is 10.1. The molecule has 9 nitrogen and oxygen atoms in total. The summed E-state index contributed by atoms with van der Waals surface area (Å²) in [5.74, 6) is 0.762. The van der Waals surface area contributed by atoms with E-state index in [4.69, 9.17) is 18.9 Å². The van der Waals surface area contributed by atoms with Crippen molar-refractivity contribution in [1.82, 2.24) is 4.31 Å². The Bertz CT molecular complexity index is 1170. The summed E-state index contributed by atoms with van der Waals surface area (Å²) in [6, 6.07) is 9.43. The topological polar surface area (TPSA) is 104 Å². The van der Waals surface area contributed by atoms with Crippen LogP contribution in [0.15, 0.2) is 52.0 Å². The van der Waals surface area contributed by atoms with Crippen molar-refractivity contribution < 1.29 is 32.2 Å². The van der Waals surface area contributed by atoms with Crippen LogP contribution in [0.1, 0.15) is 25.0 Å². The summed E-state index contributed by atoms with van der Waals surface area (Å²) in [5, 5.41) is 0. The van der Waals surface area contributed by atoms with Gasteiger partial charge in [0.15, 0.2) is 17.2 Å². The number of carbonyl (C=O) groups excluding carboxylic acids is 1. The zero-order valence-corrected chi connectivity index (χ0v) is 19.9. The van der Waals surface area contributed by atoms with Crippen molar-refractivity contribution in [2.24, 2.45) is 4.99 Å². The van der Waals surface area contributed by atoms with Crippen molar-refractivity contribution >= 4 is 28.0 Å². The predicted molar refractivity (Wildman–Crippen MR) is 123 cm³/mol. The first-order valence-electron chi connectivity index (χ1n) is 10.2. The normalized spacial score (nSPS) is 14.9. The second-order valence-electron chi connectivity index (χ2n) is 6.91. The van der Waals surface area contributed by atoms with Crippen LogP contribution in [-0.2, 0) is 19.6 Å². The lowest BCUT2D eigenvalue weighted by Crippen LogP contribution is -2.30. The Morgan fingerprint density at radius 1 is 0.970 bits per heavy atom. The second-order valence-corrected chi connectivity index (χ2v) is 8.85. The number of esters is 1. The molecule has 1 heterocycles. The highest BCUT2D eigenvalue weighted by atomic mass is 32.2. The van der Waals surface area contributed by atoms with Crippen LogP contribution < -0.4 is 14.2 Å². The van der Waals surface area contributed by atoms with E-state index in [1.807, 2.05) is 0 Å². The third-order valence-corrected chi connectivity index (χ3v) is 7.12. The minimum absolute atomic E-state index is 0.0825. The van der Waals surface area contributed by atoms with Gasteiger partial charge in [-0.1, -0.05) is 13.8 Å². The first kappa shape index (κ1) is 24.3. The third-order valence-electron chi connectivity index (χ3n) is 5.06. The molecule has 0 aliphatic carbocycles. The molecule has 0 radical (unpaired) electrons. The van der Waals surface area contributed by atoms with E-state index in [9.17, 15) is 13.2 Å². The molecule has 1 aliphatic rings. The van der Waals surface area contributed by atoms with Gasteiger partial charge in [-0.3, -0.25) is 0 Å². The van der Waals surface area contributed by atoms with Gasteiger partial charge < -0.3 is 18.9 Å². The Morgan fingerprint density at radius 3 is 2.03 bits per heavy atom. The van der Waals surface area contributed by atoms with E-state index >= 15 is 0 Å². The van der Waals surface area contributed by atoms with Gasteiger partial charge in [0.2, 0.25) is 21.7 Å². The van der Waals surface area contributed by atoms with E-state index in [0.717, 1.165) is 0 Å². The summed E-state index contributed by atoms with van der Waals surface area (Å²) in [6.45, 7) is 4.31. The molecule has 176 valence electrons. The zero-order chi connectivity index (χ0) is 24.2. The fourth-order valence-electron chi connectivity index (χ4n) is 3.36. The quantitative estimate of drug-likeness (QED) is 0.406. The molecule has 0 fully saturated rings. The minimum Gasteiger partial charge on any atom is -0.493 e. The number of methoxy groups -OCH3 is 3. The molecule has 0 unspecified atom stereocenters. The Labute approximate surface area is 193 Å². The lowest BCUT2D eigenvalue weighted by molar-refractivity contribution is -0.129. The monoisotopic (exact) mass is 474 g/mol. The van der Waals surface area contributed by atoms with Gasteiger partial charge in [-0.05, 0) is 48.0 Å². The van der Waals surface area contributed by atoms with E-state index in [1.54, 1.807) is 44.2 Å². The molecular weight excluding hydrogens is 448 g/mol. The summed E-state index contributed by atoms with van der Waals surface area (Å²) in [4.78, 5) is 16.8. The van der Waals surface area contributed by atoms with Crippen LogP contribution >= 0.6 is 0 Å². The predicted octanol–water partition coefficient (Wildman–Crippen LogP) is 3.09. The van der Waals surface area contributed by atoms with E-state index in [-0.39, 0.29) is 16.5 Å². The standard InChI is InChI=1S/C23H26N2O7S/c1-6-25(7-2)33(27,28)17-10-8-16(9-11-17)22-24-18(23(26)32-22)12-15-13-19(29-3)21(31-5)20(14-15)30-4/h8-14H,6-7H2,1-5H3/b18-12+. The van der Waals surface area contributed by atoms with Gasteiger partial charge in [0.05, 0.1) is 26.2 Å².